The molecule has 0 fully saturated rings. The van der Waals surface area contributed by atoms with Gasteiger partial charge in [0.1, 0.15) is 58.3 Å². The summed E-state index contributed by atoms with van der Waals surface area (Å²) in [5, 5.41) is 30.8. The predicted octanol–water partition coefficient (Wildman–Crippen LogP) is 19.5. The molecule has 13 heteroatoms. The van der Waals surface area contributed by atoms with Gasteiger partial charge in [-0.1, -0.05) is 174 Å². The fraction of sp³-hybridized carbons (Fsp3) is 0.230. The number of hydrogen-bond donors (Lipinski definition) is 0. The highest BCUT2D eigenvalue weighted by atomic mass is 19.4. The number of alkyl halides is 6. The maximum atomic E-state index is 15.4. The van der Waals surface area contributed by atoms with Gasteiger partial charge in [-0.05, 0) is 155 Å². The summed E-state index contributed by atoms with van der Waals surface area (Å²) in [6, 6.07) is 62.3. The van der Waals surface area contributed by atoms with Crippen LogP contribution < -0.4 is 18.9 Å². The fourth-order valence-electron chi connectivity index (χ4n) is 12.2. The lowest BCUT2D eigenvalue weighted by Crippen LogP contribution is -2.54. The molecule has 0 heterocycles. The summed E-state index contributed by atoms with van der Waals surface area (Å²) in [6.07, 6.45) is -12.1. The zero-order valence-corrected chi connectivity index (χ0v) is 49.4. The zero-order valence-electron chi connectivity index (χ0n) is 49.4. The summed E-state index contributed by atoms with van der Waals surface area (Å²) < 4.78 is 118. The highest BCUT2D eigenvalue weighted by molar-refractivity contribution is 5.86. The monoisotopic (exact) mass is 1170 g/mol. The van der Waals surface area contributed by atoms with Crippen LogP contribution in [0.1, 0.15) is 134 Å². The average molecular weight is 1170 g/mol. The third-order valence-electron chi connectivity index (χ3n) is 17.2. The minimum atomic E-state index is -5.87. The number of nitriles is 3. The summed E-state index contributed by atoms with van der Waals surface area (Å²) in [7, 11) is 0. The highest BCUT2D eigenvalue weighted by Gasteiger charge is 2.72. The van der Waals surface area contributed by atoms with E-state index >= 15 is 26.3 Å². The number of aryl methyl sites for hydroxylation is 1. The first-order valence-electron chi connectivity index (χ1n) is 28.3. The van der Waals surface area contributed by atoms with Gasteiger partial charge >= 0.3 is 12.4 Å². The maximum Gasteiger partial charge on any atom is 0.411 e. The smallest absolute Gasteiger partial charge is 0.411 e. The molecule has 0 aliphatic heterocycles. The van der Waals surface area contributed by atoms with Crippen molar-refractivity contribution in [1.82, 2.24) is 0 Å². The Morgan fingerprint density at radius 1 is 0.437 bits per heavy atom. The van der Waals surface area contributed by atoms with Gasteiger partial charge in [0.15, 0.2) is 0 Å². The molecule has 0 radical (unpaired) electrons. The standard InChI is InChI=1S/C74H61F6N3O4/c1-46-17-14-20-56(59(46)43-81)47(2)84-52-35-27-48(28-36-52)71(64-21-12-10-18-57(64)58-19-11-13-22-65(58)71)49-29-37-53(38-30-49)86-67-26-16-24-63(61(67)45-83)69(6,7)70(8,9)87-55-41-33-51(34-42-55)72(73(75,76)77,74(78,79)80)50-31-39-54(40-32-50)85-66-25-15-23-62(60(66)44-82)68(3,4)5/h10-42,47H,1-9H3. The fourth-order valence-corrected chi connectivity index (χ4v) is 12.2. The van der Waals surface area contributed by atoms with Crippen molar-refractivity contribution in [3.05, 3.63) is 273 Å². The maximum absolute atomic E-state index is 15.4. The Bertz CT molecular complexity index is 4120. The van der Waals surface area contributed by atoms with Crippen molar-refractivity contribution in [2.45, 2.75) is 108 Å². The molecule has 9 aromatic rings. The van der Waals surface area contributed by atoms with Crippen LogP contribution in [0.15, 0.2) is 200 Å². The number of hydrogen-bond acceptors (Lipinski definition) is 7. The van der Waals surface area contributed by atoms with E-state index in [-0.39, 0.29) is 34.1 Å². The van der Waals surface area contributed by atoms with Gasteiger partial charge < -0.3 is 18.9 Å². The number of rotatable bonds is 15. The lowest BCUT2D eigenvalue weighted by molar-refractivity contribution is -0.288. The van der Waals surface area contributed by atoms with Gasteiger partial charge in [-0.25, -0.2) is 0 Å². The van der Waals surface area contributed by atoms with Crippen molar-refractivity contribution in [3.63, 3.8) is 0 Å². The Kier molecular flexibility index (Phi) is 15.7. The molecule has 9 aromatic carbocycles. The molecule has 0 bridgehead atoms. The van der Waals surface area contributed by atoms with Crippen LogP contribution in [-0.4, -0.2) is 18.0 Å². The van der Waals surface area contributed by atoms with Crippen LogP contribution in [-0.2, 0) is 21.7 Å². The van der Waals surface area contributed by atoms with Crippen LogP contribution in [0.3, 0.4) is 0 Å². The second-order valence-electron chi connectivity index (χ2n) is 23.9. The summed E-state index contributed by atoms with van der Waals surface area (Å²) >= 11 is 0. The molecule has 1 atom stereocenters. The third-order valence-corrected chi connectivity index (χ3v) is 17.2. The molecule has 87 heavy (non-hydrogen) atoms. The van der Waals surface area contributed by atoms with Crippen molar-refractivity contribution >= 4 is 0 Å². The Morgan fingerprint density at radius 2 is 0.851 bits per heavy atom. The second-order valence-corrected chi connectivity index (χ2v) is 23.9. The molecule has 1 aliphatic rings. The van der Waals surface area contributed by atoms with Crippen molar-refractivity contribution in [2.75, 3.05) is 0 Å². The highest BCUT2D eigenvalue weighted by Crippen LogP contribution is 2.58. The first-order chi connectivity index (χ1) is 41.2. The predicted molar refractivity (Wildman–Crippen MR) is 323 cm³/mol. The summed E-state index contributed by atoms with van der Waals surface area (Å²) in [4.78, 5) is 0. The first kappa shape index (κ1) is 60.4. The number of benzene rings is 9. The number of nitrogens with zero attached hydrogens (tertiary/aromatic N) is 3. The van der Waals surface area contributed by atoms with E-state index in [4.69, 9.17) is 18.9 Å². The molecule has 0 saturated carbocycles. The molecule has 438 valence electrons. The van der Waals surface area contributed by atoms with Gasteiger partial charge in [0.2, 0.25) is 5.41 Å². The molecule has 10 rings (SSSR count). The molecule has 0 N–H and O–H groups in total. The van der Waals surface area contributed by atoms with E-state index in [1.807, 2.05) is 127 Å². The molecule has 1 aliphatic carbocycles. The van der Waals surface area contributed by atoms with Gasteiger partial charge in [-0.2, -0.15) is 42.1 Å². The average Bonchev–Trinajstić information content (AvgIpc) is 1.63. The quantitative estimate of drug-likeness (QED) is 0.0941. The largest absolute Gasteiger partial charge is 0.487 e. The Morgan fingerprint density at radius 3 is 1.31 bits per heavy atom. The van der Waals surface area contributed by atoms with Crippen LogP contribution in [0.5, 0.6) is 34.5 Å². The minimum Gasteiger partial charge on any atom is -0.487 e. The first-order valence-corrected chi connectivity index (χ1v) is 28.3. The van der Waals surface area contributed by atoms with Crippen LogP contribution in [0.25, 0.3) is 11.1 Å². The molecule has 0 spiro atoms. The van der Waals surface area contributed by atoms with E-state index in [9.17, 15) is 15.8 Å². The van der Waals surface area contributed by atoms with Crippen LogP contribution in [0, 0.1) is 40.9 Å². The van der Waals surface area contributed by atoms with Gasteiger partial charge in [0, 0.05) is 11.0 Å². The van der Waals surface area contributed by atoms with Crippen molar-refractivity contribution in [1.29, 1.82) is 15.8 Å². The van der Waals surface area contributed by atoms with E-state index in [2.05, 4.69) is 54.6 Å². The molecule has 0 amide bonds. The van der Waals surface area contributed by atoms with E-state index in [1.54, 1.807) is 44.2 Å². The van der Waals surface area contributed by atoms with E-state index in [0.717, 1.165) is 93.0 Å². The van der Waals surface area contributed by atoms with Crippen LogP contribution in [0.4, 0.5) is 26.3 Å². The SMILES string of the molecule is Cc1cccc(C(C)Oc2ccc(C3(c4ccc(Oc5cccc(C(C)(C)C(C)(C)Oc6ccc(C(c7ccc(Oc8cccc(C(C)(C)C)c8C#N)cc7)(C(F)(F)F)C(F)(F)F)cc6)c5C#N)cc4)c4ccccc4-c4ccccc43)cc2)c1C#N. The normalized spacial score (nSPS) is 13.5. The Balaban J connectivity index is 0.917. The molecule has 0 saturated heterocycles. The second kappa shape index (κ2) is 22.6. The van der Waals surface area contributed by atoms with Gasteiger partial charge in [-0.3, -0.25) is 0 Å². The summed E-state index contributed by atoms with van der Waals surface area (Å²) in [5.74, 6) is 1.34. The molecule has 1 unspecified atom stereocenters. The van der Waals surface area contributed by atoms with Crippen LogP contribution in [0.2, 0.25) is 0 Å². The van der Waals surface area contributed by atoms with Crippen LogP contribution >= 0.6 is 0 Å². The van der Waals surface area contributed by atoms with Gasteiger partial charge in [0.05, 0.1) is 28.2 Å². The van der Waals surface area contributed by atoms with Gasteiger partial charge in [-0.15, -0.1) is 0 Å². The molecule has 0 aromatic heterocycles. The molecule has 7 nitrogen and oxygen atoms in total. The minimum absolute atomic E-state index is 0.0204. The topological polar surface area (TPSA) is 108 Å². The van der Waals surface area contributed by atoms with Crippen molar-refractivity contribution < 1.29 is 45.3 Å². The number of halogens is 6. The summed E-state index contributed by atoms with van der Waals surface area (Å²) in [6.45, 7) is 16.6. The third kappa shape index (κ3) is 10.5. The van der Waals surface area contributed by atoms with Crippen molar-refractivity contribution in [3.8, 4) is 63.8 Å². The molecular weight excluding hydrogens is 1110 g/mol. The molecular formula is C74H61F6N3O4. The zero-order chi connectivity index (χ0) is 62.5. The Hall–Kier alpha value is -9.77. The lowest BCUT2D eigenvalue weighted by Gasteiger charge is -2.43. The van der Waals surface area contributed by atoms with Gasteiger partial charge in [0.25, 0.3) is 0 Å². The lowest BCUT2D eigenvalue weighted by atomic mass is 9.68. The van der Waals surface area contributed by atoms with E-state index < -0.39 is 56.8 Å². The Labute approximate surface area is 503 Å². The van der Waals surface area contributed by atoms with E-state index in [0.29, 0.717) is 28.2 Å². The van der Waals surface area contributed by atoms with E-state index in [1.165, 1.54) is 6.07 Å². The summed E-state index contributed by atoms with van der Waals surface area (Å²) in [5.41, 5.74) is -0.0863. The van der Waals surface area contributed by atoms with Crippen molar-refractivity contribution in [2.24, 2.45) is 0 Å². The number of ether oxygens (including phenoxy) is 4. The number of fused-ring (bicyclic) bond motifs is 3.